The molecule has 2 rings (SSSR count). The Labute approximate surface area is 171 Å². The van der Waals surface area contributed by atoms with Gasteiger partial charge in [-0.2, -0.15) is 0 Å². The molecule has 1 amide bonds. The predicted molar refractivity (Wildman–Crippen MR) is 114 cm³/mol. The molecule has 0 aliphatic heterocycles. The zero-order chi connectivity index (χ0) is 20.5. The summed E-state index contributed by atoms with van der Waals surface area (Å²) < 4.78 is 16.4. The minimum absolute atomic E-state index is 0.295. The molecule has 1 N–H and O–H groups in total. The van der Waals surface area contributed by atoms with Gasteiger partial charge >= 0.3 is 0 Å². The maximum atomic E-state index is 12.2. The fraction of sp³-hybridized carbons (Fsp3) is 0.318. The molecule has 0 spiro atoms. The molecule has 0 saturated carbocycles. The van der Waals surface area contributed by atoms with Gasteiger partial charge in [-0.05, 0) is 54.3 Å². The van der Waals surface area contributed by atoms with Crippen molar-refractivity contribution in [2.75, 3.05) is 26.1 Å². The first-order valence-corrected chi connectivity index (χ1v) is 9.44. The van der Waals surface area contributed by atoms with E-state index in [9.17, 15) is 4.79 Å². The zero-order valence-corrected chi connectivity index (χ0v) is 17.4. The average molecular weight is 404 g/mol. The number of halogens is 1. The Morgan fingerprint density at radius 3 is 2.46 bits per heavy atom. The van der Waals surface area contributed by atoms with Crippen LogP contribution in [0.4, 0.5) is 5.69 Å². The van der Waals surface area contributed by atoms with E-state index < -0.39 is 0 Å². The van der Waals surface area contributed by atoms with Gasteiger partial charge in [-0.15, -0.1) is 0 Å². The second-order valence-corrected chi connectivity index (χ2v) is 7.04. The summed E-state index contributed by atoms with van der Waals surface area (Å²) in [6, 6.07) is 10.6. The number of benzene rings is 2. The average Bonchev–Trinajstić information content (AvgIpc) is 2.67. The summed E-state index contributed by atoms with van der Waals surface area (Å²) in [7, 11) is 3.13. The Morgan fingerprint density at radius 2 is 1.79 bits per heavy atom. The third-order valence-electron chi connectivity index (χ3n) is 3.99. The Morgan fingerprint density at radius 1 is 1.07 bits per heavy atom. The summed E-state index contributed by atoms with van der Waals surface area (Å²) in [6.07, 6.45) is 4.11. The van der Waals surface area contributed by atoms with Gasteiger partial charge < -0.3 is 19.5 Å². The number of carbonyl (C=O) groups excluding carboxylic acids is 1. The lowest BCUT2D eigenvalue weighted by Crippen LogP contribution is -2.08. The van der Waals surface area contributed by atoms with Crippen molar-refractivity contribution in [3.05, 3.63) is 53.1 Å². The molecule has 0 atom stereocenters. The van der Waals surface area contributed by atoms with Gasteiger partial charge in [-0.25, -0.2) is 0 Å². The highest BCUT2D eigenvalue weighted by atomic mass is 35.5. The van der Waals surface area contributed by atoms with E-state index in [1.165, 1.54) is 13.2 Å². The molecule has 0 saturated heterocycles. The lowest BCUT2D eigenvalue weighted by molar-refractivity contribution is -0.111. The summed E-state index contributed by atoms with van der Waals surface area (Å²) in [5, 5.41) is 3.27. The molecule has 0 fully saturated rings. The van der Waals surface area contributed by atoms with Crippen LogP contribution in [-0.4, -0.2) is 26.7 Å². The van der Waals surface area contributed by atoms with Crippen molar-refractivity contribution < 1.29 is 19.0 Å². The summed E-state index contributed by atoms with van der Waals surface area (Å²) >= 11 is 5.98. The van der Waals surface area contributed by atoms with Gasteiger partial charge in [0.15, 0.2) is 11.5 Å². The van der Waals surface area contributed by atoms with Crippen LogP contribution in [0.2, 0.25) is 5.02 Å². The van der Waals surface area contributed by atoms with E-state index in [0.717, 1.165) is 12.0 Å². The van der Waals surface area contributed by atoms with E-state index in [-0.39, 0.29) is 5.91 Å². The predicted octanol–water partition coefficient (Wildman–Crippen LogP) is 5.43. The van der Waals surface area contributed by atoms with E-state index >= 15 is 0 Å². The Bertz CT molecular complexity index is 833. The molecule has 5 nitrogen and oxygen atoms in total. The molecular formula is C22H26ClNO4. The van der Waals surface area contributed by atoms with Crippen LogP contribution < -0.4 is 19.5 Å². The van der Waals surface area contributed by atoms with Crippen molar-refractivity contribution in [1.82, 2.24) is 0 Å². The molecule has 150 valence electrons. The van der Waals surface area contributed by atoms with Crippen molar-refractivity contribution in [2.24, 2.45) is 5.92 Å². The minimum atomic E-state index is -0.295. The van der Waals surface area contributed by atoms with Gasteiger partial charge in [0, 0.05) is 11.1 Å². The summed E-state index contributed by atoms with van der Waals surface area (Å²) in [6.45, 7) is 4.93. The number of amides is 1. The quantitative estimate of drug-likeness (QED) is 0.567. The molecule has 0 aliphatic rings. The maximum Gasteiger partial charge on any atom is 0.248 e. The molecule has 0 unspecified atom stereocenters. The molecule has 6 heteroatoms. The number of carbonyl (C=O) groups is 1. The fourth-order valence-corrected chi connectivity index (χ4v) is 2.61. The Kier molecular flexibility index (Phi) is 8.20. The van der Waals surface area contributed by atoms with Crippen LogP contribution in [-0.2, 0) is 4.79 Å². The fourth-order valence-electron chi connectivity index (χ4n) is 2.44. The molecular weight excluding hydrogens is 378 g/mol. The standard InChI is InChI=1S/C22H26ClNO4/c1-15(2)11-12-28-20-8-5-16(13-21(20)27-4)6-10-22(25)24-18-14-17(23)7-9-19(18)26-3/h5-10,13-15H,11-12H2,1-4H3,(H,24,25)/b10-6+. The monoisotopic (exact) mass is 403 g/mol. The molecule has 0 aliphatic carbocycles. The van der Waals surface area contributed by atoms with E-state index in [1.54, 1.807) is 31.4 Å². The number of nitrogens with one attached hydrogen (secondary N) is 1. The molecule has 28 heavy (non-hydrogen) atoms. The van der Waals surface area contributed by atoms with Gasteiger partial charge in [-0.3, -0.25) is 4.79 Å². The van der Waals surface area contributed by atoms with E-state index in [2.05, 4.69) is 19.2 Å². The number of hydrogen-bond donors (Lipinski definition) is 1. The van der Waals surface area contributed by atoms with Crippen LogP contribution in [0.3, 0.4) is 0 Å². The highest BCUT2D eigenvalue weighted by Gasteiger charge is 2.08. The normalized spacial score (nSPS) is 10.9. The van der Waals surface area contributed by atoms with E-state index in [0.29, 0.717) is 40.5 Å². The third-order valence-corrected chi connectivity index (χ3v) is 4.22. The first kappa shape index (κ1) is 21.6. The molecule has 2 aromatic carbocycles. The van der Waals surface area contributed by atoms with Crippen molar-refractivity contribution in [3.63, 3.8) is 0 Å². The summed E-state index contributed by atoms with van der Waals surface area (Å²) in [5.41, 5.74) is 1.33. The van der Waals surface area contributed by atoms with Crippen LogP contribution in [0.1, 0.15) is 25.8 Å². The molecule has 0 heterocycles. The first-order valence-electron chi connectivity index (χ1n) is 9.06. The second kappa shape index (κ2) is 10.6. The summed E-state index contributed by atoms with van der Waals surface area (Å²) in [4.78, 5) is 12.2. The Balaban J connectivity index is 2.05. The molecule has 0 radical (unpaired) electrons. The topological polar surface area (TPSA) is 56.8 Å². The van der Waals surface area contributed by atoms with Crippen LogP contribution in [0, 0.1) is 5.92 Å². The molecule has 0 bridgehead atoms. The lowest BCUT2D eigenvalue weighted by Gasteiger charge is -2.12. The van der Waals surface area contributed by atoms with Crippen LogP contribution in [0.25, 0.3) is 6.08 Å². The zero-order valence-electron chi connectivity index (χ0n) is 16.6. The van der Waals surface area contributed by atoms with Crippen molar-refractivity contribution in [1.29, 1.82) is 0 Å². The highest BCUT2D eigenvalue weighted by Crippen LogP contribution is 2.29. The highest BCUT2D eigenvalue weighted by molar-refractivity contribution is 6.31. The van der Waals surface area contributed by atoms with E-state index in [1.807, 2.05) is 18.2 Å². The largest absolute Gasteiger partial charge is 0.495 e. The molecule has 0 aromatic heterocycles. The van der Waals surface area contributed by atoms with Gasteiger partial charge in [-0.1, -0.05) is 31.5 Å². The van der Waals surface area contributed by atoms with Crippen LogP contribution in [0.5, 0.6) is 17.2 Å². The van der Waals surface area contributed by atoms with Gasteiger partial charge in [0.1, 0.15) is 5.75 Å². The van der Waals surface area contributed by atoms with Crippen LogP contribution >= 0.6 is 11.6 Å². The van der Waals surface area contributed by atoms with Gasteiger partial charge in [0.2, 0.25) is 5.91 Å². The maximum absolute atomic E-state index is 12.2. The van der Waals surface area contributed by atoms with Crippen molar-refractivity contribution >= 4 is 29.3 Å². The SMILES string of the molecule is COc1ccc(Cl)cc1NC(=O)/C=C/c1ccc(OCCC(C)C)c(OC)c1. The first-order chi connectivity index (χ1) is 13.4. The van der Waals surface area contributed by atoms with Crippen LogP contribution in [0.15, 0.2) is 42.5 Å². The number of hydrogen-bond acceptors (Lipinski definition) is 4. The summed E-state index contributed by atoms with van der Waals surface area (Å²) in [5.74, 6) is 2.13. The third kappa shape index (κ3) is 6.50. The van der Waals surface area contributed by atoms with Gasteiger partial charge in [0.25, 0.3) is 0 Å². The number of methoxy groups -OCH3 is 2. The lowest BCUT2D eigenvalue weighted by atomic mass is 10.1. The Hall–Kier alpha value is -2.66. The van der Waals surface area contributed by atoms with Crippen molar-refractivity contribution in [3.8, 4) is 17.2 Å². The van der Waals surface area contributed by atoms with E-state index in [4.69, 9.17) is 25.8 Å². The number of anilines is 1. The van der Waals surface area contributed by atoms with Gasteiger partial charge in [0.05, 0.1) is 26.5 Å². The van der Waals surface area contributed by atoms with Crippen molar-refractivity contribution in [2.45, 2.75) is 20.3 Å². The number of ether oxygens (including phenoxy) is 3. The smallest absolute Gasteiger partial charge is 0.248 e. The second-order valence-electron chi connectivity index (χ2n) is 6.61. The molecule has 2 aromatic rings. The number of rotatable bonds is 9. The minimum Gasteiger partial charge on any atom is -0.495 e.